The summed E-state index contributed by atoms with van der Waals surface area (Å²) in [6.07, 6.45) is -2.29. The van der Waals surface area contributed by atoms with Gasteiger partial charge in [0.25, 0.3) is 0 Å². The van der Waals surface area contributed by atoms with Crippen molar-refractivity contribution in [2.45, 2.75) is 56.9 Å². The Kier molecular flexibility index (Phi) is 4.19. The third-order valence-corrected chi connectivity index (χ3v) is 3.74. The van der Waals surface area contributed by atoms with E-state index in [4.69, 9.17) is 4.74 Å². The number of alkyl halides is 3. The molecule has 106 valence electrons. The third kappa shape index (κ3) is 3.11. The SMILES string of the molecule is CCCC[C@@H]1O[C@@]1(CCc1ccccc1)C(F)(F)F. The van der Waals surface area contributed by atoms with Gasteiger partial charge in [0, 0.05) is 0 Å². The minimum atomic E-state index is -4.26. The van der Waals surface area contributed by atoms with Crippen LogP contribution in [-0.4, -0.2) is 17.9 Å². The van der Waals surface area contributed by atoms with Crippen molar-refractivity contribution in [2.75, 3.05) is 0 Å². The first-order valence-electron chi connectivity index (χ1n) is 6.78. The van der Waals surface area contributed by atoms with Crippen molar-refractivity contribution in [1.29, 1.82) is 0 Å². The lowest BCUT2D eigenvalue weighted by Crippen LogP contribution is -2.35. The molecule has 0 aromatic heterocycles. The molecule has 1 aromatic rings. The van der Waals surface area contributed by atoms with Crippen LogP contribution in [0.15, 0.2) is 30.3 Å². The van der Waals surface area contributed by atoms with Crippen LogP contribution in [0.5, 0.6) is 0 Å². The smallest absolute Gasteiger partial charge is 0.356 e. The zero-order chi connectivity index (χ0) is 13.9. The summed E-state index contributed by atoms with van der Waals surface area (Å²) in [5, 5.41) is 0. The summed E-state index contributed by atoms with van der Waals surface area (Å²) in [4.78, 5) is 0. The van der Waals surface area contributed by atoms with E-state index in [2.05, 4.69) is 0 Å². The molecule has 1 nitrogen and oxygen atoms in total. The largest absolute Gasteiger partial charge is 0.420 e. The van der Waals surface area contributed by atoms with Gasteiger partial charge in [-0.25, -0.2) is 0 Å². The van der Waals surface area contributed by atoms with Gasteiger partial charge in [-0.1, -0.05) is 50.1 Å². The van der Waals surface area contributed by atoms with Crippen LogP contribution < -0.4 is 0 Å². The van der Waals surface area contributed by atoms with Crippen LogP contribution in [-0.2, 0) is 11.2 Å². The zero-order valence-corrected chi connectivity index (χ0v) is 11.0. The first-order chi connectivity index (χ1) is 8.99. The second-order valence-electron chi connectivity index (χ2n) is 5.12. The Morgan fingerprint density at radius 3 is 2.47 bits per heavy atom. The maximum atomic E-state index is 13.2. The minimum absolute atomic E-state index is 0.0227. The van der Waals surface area contributed by atoms with Crippen molar-refractivity contribution < 1.29 is 17.9 Å². The Balaban J connectivity index is 1.97. The van der Waals surface area contributed by atoms with Crippen molar-refractivity contribution >= 4 is 0 Å². The highest BCUT2D eigenvalue weighted by molar-refractivity contribution is 5.17. The summed E-state index contributed by atoms with van der Waals surface area (Å²) in [5.41, 5.74) is -0.964. The number of ether oxygens (including phenoxy) is 1. The van der Waals surface area contributed by atoms with Gasteiger partial charge in [-0.2, -0.15) is 13.2 Å². The number of halogens is 3. The van der Waals surface area contributed by atoms with E-state index in [1.54, 1.807) is 0 Å². The van der Waals surface area contributed by atoms with Crippen molar-refractivity contribution in [2.24, 2.45) is 0 Å². The third-order valence-electron chi connectivity index (χ3n) is 3.74. The number of rotatable bonds is 6. The maximum Gasteiger partial charge on any atom is 0.420 e. The minimum Gasteiger partial charge on any atom is -0.356 e. The van der Waals surface area contributed by atoms with Gasteiger partial charge in [-0.3, -0.25) is 0 Å². The second-order valence-corrected chi connectivity index (χ2v) is 5.12. The molecule has 2 atom stereocenters. The summed E-state index contributed by atoms with van der Waals surface area (Å²) < 4.78 is 44.5. The van der Waals surface area contributed by atoms with E-state index in [1.165, 1.54) is 0 Å². The van der Waals surface area contributed by atoms with E-state index in [1.807, 2.05) is 37.3 Å². The molecule has 2 rings (SSSR count). The number of hydrogen-bond acceptors (Lipinski definition) is 1. The predicted molar refractivity (Wildman–Crippen MR) is 67.9 cm³/mol. The fourth-order valence-corrected chi connectivity index (χ4v) is 2.49. The Bertz CT molecular complexity index is 402. The van der Waals surface area contributed by atoms with Gasteiger partial charge in [-0.15, -0.1) is 0 Å². The number of aryl methyl sites for hydroxylation is 1. The Hall–Kier alpha value is -1.03. The molecule has 0 spiro atoms. The molecule has 1 aliphatic heterocycles. The molecule has 0 radical (unpaired) electrons. The van der Waals surface area contributed by atoms with Gasteiger partial charge < -0.3 is 4.74 Å². The zero-order valence-electron chi connectivity index (χ0n) is 11.0. The van der Waals surface area contributed by atoms with Crippen molar-refractivity contribution in [3.63, 3.8) is 0 Å². The molecule has 1 aliphatic rings. The number of hydrogen-bond donors (Lipinski definition) is 0. The number of benzene rings is 1. The number of epoxide rings is 1. The van der Waals surface area contributed by atoms with E-state index < -0.39 is 17.9 Å². The van der Waals surface area contributed by atoms with Crippen LogP contribution >= 0.6 is 0 Å². The topological polar surface area (TPSA) is 12.5 Å². The standard InChI is InChI=1S/C15H19F3O/c1-2-3-9-13-14(19-13,15(16,17)18)11-10-12-7-5-4-6-8-12/h4-8,13H,2-3,9-11H2,1H3/t13-,14+/m0/s1. The average molecular weight is 272 g/mol. The summed E-state index contributed by atoms with van der Waals surface area (Å²) in [7, 11) is 0. The van der Waals surface area contributed by atoms with Gasteiger partial charge in [0.2, 0.25) is 0 Å². The lowest BCUT2D eigenvalue weighted by Gasteiger charge is -2.17. The molecular formula is C15H19F3O. The molecule has 1 fully saturated rings. The van der Waals surface area contributed by atoms with E-state index in [0.717, 1.165) is 18.4 Å². The summed E-state index contributed by atoms with van der Waals surface area (Å²) in [6.45, 7) is 1.97. The monoisotopic (exact) mass is 272 g/mol. The molecule has 1 aromatic carbocycles. The van der Waals surface area contributed by atoms with Crippen molar-refractivity contribution in [1.82, 2.24) is 0 Å². The van der Waals surface area contributed by atoms with Crippen LogP contribution in [0.25, 0.3) is 0 Å². The van der Waals surface area contributed by atoms with Gasteiger partial charge in [0.15, 0.2) is 5.60 Å². The fourth-order valence-electron chi connectivity index (χ4n) is 2.49. The van der Waals surface area contributed by atoms with Crippen LogP contribution in [0.2, 0.25) is 0 Å². The Labute approximate surface area is 111 Å². The second kappa shape index (κ2) is 5.53. The molecular weight excluding hydrogens is 253 g/mol. The highest BCUT2D eigenvalue weighted by Crippen LogP contribution is 2.54. The van der Waals surface area contributed by atoms with E-state index >= 15 is 0 Å². The Morgan fingerprint density at radius 1 is 1.21 bits per heavy atom. The first kappa shape index (κ1) is 14.4. The molecule has 0 aliphatic carbocycles. The molecule has 0 amide bonds. The quantitative estimate of drug-likeness (QED) is 0.694. The lowest BCUT2D eigenvalue weighted by molar-refractivity contribution is -0.185. The number of unbranched alkanes of at least 4 members (excludes halogenated alkanes) is 1. The molecule has 1 saturated heterocycles. The molecule has 0 bridgehead atoms. The highest BCUT2D eigenvalue weighted by Gasteiger charge is 2.71. The molecule has 0 N–H and O–H groups in total. The normalized spacial score (nSPS) is 26.4. The maximum absolute atomic E-state index is 13.2. The lowest BCUT2D eigenvalue weighted by atomic mass is 9.93. The summed E-state index contributed by atoms with van der Waals surface area (Å²) in [6, 6.07) is 9.26. The summed E-state index contributed by atoms with van der Waals surface area (Å²) >= 11 is 0. The predicted octanol–water partition coefficient (Wildman–Crippen LogP) is 4.51. The van der Waals surface area contributed by atoms with E-state index in [-0.39, 0.29) is 6.42 Å². The van der Waals surface area contributed by atoms with Gasteiger partial charge >= 0.3 is 6.18 Å². The molecule has 4 heteroatoms. The summed E-state index contributed by atoms with van der Waals surface area (Å²) in [5.74, 6) is 0. The van der Waals surface area contributed by atoms with Gasteiger partial charge in [-0.05, 0) is 24.8 Å². The van der Waals surface area contributed by atoms with Crippen LogP contribution in [0.3, 0.4) is 0 Å². The molecule has 1 heterocycles. The molecule has 0 saturated carbocycles. The van der Waals surface area contributed by atoms with Crippen LogP contribution in [0.1, 0.15) is 38.2 Å². The van der Waals surface area contributed by atoms with Crippen molar-refractivity contribution in [3.05, 3.63) is 35.9 Å². The fraction of sp³-hybridized carbons (Fsp3) is 0.600. The molecule has 19 heavy (non-hydrogen) atoms. The van der Waals surface area contributed by atoms with E-state index in [9.17, 15) is 13.2 Å². The highest BCUT2D eigenvalue weighted by atomic mass is 19.4. The van der Waals surface area contributed by atoms with Gasteiger partial charge in [0.1, 0.15) is 0 Å². The molecule has 0 unspecified atom stereocenters. The van der Waals surface area contributed by atoms with Crippen LogP contribution in [0.4, 0.5) is 13.2 Å². The average Bonchev–Trinajstić information content (AvgIpc) is 3.10. The van der Waals surface area contributed by atoms with Gasteiger partial charge in [0.05, 0.1) is 6.10 Å². The Morgan fingerprint density at radius 2 is 1.89 bits per heavy atom. The van der Waals surface area contributed by atoms with Crippen molar-refractivity contribution in [3.8, 4) is 0 Å². The first-order valence-corrected chi connectivity index (χ1v) is 6.78. The van der Waals surface area contributed by atoms with Crippen LogP contribution in [0, 0.1) is 0 Å². The van der Waals surface area contributed by atoms with E-state index in [0.29, 0.717) is 12.8 Å².